The smallest absolute Gasteiger partial charge is 0.223 e. The second-order valence-corrected chi connectivity index (χ2v) is 4.16. The molecule has 0 fully saturated rings. The number of aliphatic imine (C=N–C) groups is 1. The summed E-state index contributed by atoms with van der Waals surface area (Å²) in [5.41, 5.74) is 8.31. The normalized spacial score (nSPS) is 11.8. The molecule has 3 rings (SSSR count). The molecule has 1 aromatic heterocycles. The first-order chi connectivity index (χ1) is 9.78. The number of aromatic nitrogens is 3. The molecule has 0 unspecified atom stereocenters. The first kappa shape index (κ1) is 12.2. The molecule has 6 heteroatoms. The van der Waals surface area contributed by atoms with Gasteiger partial charge in [0.1, 0.15) is 11.3 Å². The quantitative estimate of drug-likeness (QED) is 0.568. The van der Waals surface area contributed by atoms with Gasteiger partial charge in [-0.05, 0) is 36.4 Å². The summed E-state index contributed by atoms with van der Waals surface area (Å²) < 4.78 is 6.61. The summed E-state index contributed by atoms with van der Waals surface area (Å²) >= 11 is 0. The average Bonchev–Trinajstić information content (AvgIpc) is 2.92. The van der Waals surface area contributed by atoms with Crippen LogP contribution in [0.2, 0.25) is 0 Å². The van der Waals surface area contributed by atoms with E-state index in [1.54, 1.807) is 7.11 Å². The molecule has 2 aromatic carbocycles. The van der Waals surface area contributed by atoms with Gasteiger partial charge in [0, 0.05) is 0 Å². The minimum absolute atomic E-state index is 0.267. The summed E-state index contributed by atoms with van der Waals surface area (Å²) in [6.45, 7) is 0. The highest BCUT2D eigenvalue weighted by molar-refractivity contribution is 5.91. The zero-order valence-corrected chi connectivity index (χ0v) is 10.9. The largest absolute Gasteiger partial charge is 0.497 e. The van der Waals surface area contributed by atoms with E-state index in [1.807, 2.05) is 48.5 Å². The van der Waals surface area contributed by atoms with Crippen molar-refractivity contribution in [3.05, 3.63) is 48.5 Å². The van der Waals surface area contributed by atoms with Crippen molar-refractivity contribution in [3.8, 4) is 5.75 Å². The van der Waals surface area contributed by atoms with Crippen LogP contribution in [0.4, 0.5) is 5.69 Å². The molecule has 2 N–H and O–H groups in total. The zero-order valence-electron chi connectivity index (χ0n) is 10.9. The second kappa shape index (κ2) is 5.00. The highest BCUT2D eigenvalue weighted by atomic mass is 16.5. The van der Waals surface area contributed by atoms with Crippen LogP contribution >= 0.6 is 0 Å². The molecule has 1 heterocycles. The molecule has 100 valence electrons. The van der Waals surface area contributed by atoms with Crippen molar-refractivity contribution in [1.82, 2.24) is 15.0 Å². The van der Waals surface area contributed by atoms with Crippen molar-refractivity contribution in [1.29, 1.82) is 0 Å². The number of rotatable bonds is 2. The van der Waals surface area contributed by atoms with Crippen LogP contribution in [0, 0.1) is 0 Å². The molecular weight excluding hydrogens is 254 g/mol. The Balaban J connectivity index is 1.98. The van der Waals surface area contributed by atoms with Crippen molar-refractivity contribution in [2.75, 3.05) is 7.11 Å². The predicted molar refractivity (Wildman–Crippen MR) is 77.2 cm³/mol. The minimum atomic E-state index is 0.267. The first-order valence-electron chi connectivity index (χ1n) is 6.07. The lowest BCUT2D eigenvalue weighted by Crippen LogP contribution is -2.23. The molecule has 0 bridgehead atoms. The van der Waals surface area contributed by atoms with Crippen LogP contribution in [0.15, 0.2) is 53.5 Å². The van der Waals surface area contributed by atoms with E-state index in [4.69, 9.17) is 10.5 Å². The maximum atomic E-state index is 5.99. The van der Waals surface area contributed by atoms with Crippen molar-refractivity contribution in [3.63, 3.8) is 0 Å². The maximum Gasteiger partial charge on any atom is 0.223 e. The molecule has 0 spiro atoms. The summed E-state index contributed by atoms with van der Waals surface area (Å²) in [5.74, 6) is 1.04. The fourth-order valence-corrected chi connectivity index (χ4v) is 1.87. The van der Waals surface area contributed by atoms with Gasteiger partial charge in [0.25, 0.3) is 0 Å². The minimum Gasteiger partial charge on any atom is -0.497 e. The predicted octanol–water partition coefficient (Wildman–Crippen LogP) is 1.93. The van der Waals surface area contributed by atoms with Gasteiger partial charge in [-0.3, -0.25) is 0 Å². The second-order valence-electron chi connectivity index (χ2n) is 4.16. The van der Waals surface area contributed by atoms with Gasteiger partial charge in [-0.2, -0.15) is 4.68 Å². The van der Waals surface area contributed by atoms with Crippen LogP contribution in [0.5, 0.6) is 5.75 Å². The van der Waals surface area contributed by atoms with E-state index < -0.39 is 0 Å². The van der Waals surface area contributed by atoms with Gasteiger partial charge in [-0.15, -0.1) is 5.10 Å². The van der Waals surface area contributed by atoms with E-state index in [2.05, 4.69) is 15.3 Å². The molecule has 0 atom stereocenters. The fraction of sp³-hybridized carbons (Fsp3) is 0.0714. The molecule has 0 aliphatic rings. The Morgan fingerprint density at radius 3 is 2.65 bits per heavy atom. The Bertz CT molecular complexity index is 761. The maximum absolute atomic E-state index is 5.99. The van der Waals surface area contributed by atoms with Gasteiger partial charge in [0.05, 0.1) is 18.3 Å². The number of hydrogen-bond acceptors (Lipinski definition) is 4. The van der Waals surface area contributed by atoms with Gasteiger partial charge >= 0.3 is 0 Å². The standard InChI is InChI=1S/C14H13N5O/c1-20-11-8-6-10(7-9-11)16-14(15)19-13-5-3-2-4-12(13)17-18-19/h2-9H,1H3,(H2,15,16). The van der Waals surface area contributed by atoms with Gasteiger partial charge < -0.3 is 10.5 Å². The number of nitrogens with zero attached hydrogens (tertiary/aromatic N) is 4. The first-order valence-corrected chi connectivity index (χ1v) is 6.07. The van der Waals surface area contributed by atoms with Crippen LogP contribution in [0.1, 0.15) is 0 Å². The topological polar surface area (TPSA) is 78.3 Å². The van der Waals surface area contributed by atoms with E-state index in [0.717, 1.165) is 22.5 Å². The fourth-order valence-electron chi connectivity index (χ4n) is 1.87. The molecule has 0 aliphatic carbocycles. The summed E-state index contributed by atoms with van der Waals surface area (Å²) in [4.78, 5) is 4.33. The molecule has 0 saturated heterocycles. The Hall–Kier alpha value is -2.89. The van der Waals surface area contributed by atoms with E-state index in [9.17, 15) is 0 Å². The lowest BCUT2D eigenvalue weighted by molar-refractivity contribution is 0.415. The molecule has 6 nitrogen and oxygen atoms in total. The van der Waals surface area contributed by atoms with E-state index >= 15 is 0 Å². The lowest BCUT2D eigenvalue weighted by Gasteiger charge is -2.02. The van der Waals surface area contributed by atoms with Crippen LogP contribution in [0.3, 0.4) is 0 Å². The molecule has 0 amide bonds. The molecule has 0 saturated carbocycles. The number of para-hydroxylation sites is 1. The summed E-state index contributed by atoms with van der Waals surface area (Å²) in [5, 5.41) is 8.05. The van der Waals surface area contributed by atoms with Crippen molar-refractivity contribution < 1.29 is 4.74 Å². The Labute approximate surface area is 115 Å². The average molecular weight is 267 g/mol. The molecule has 3 aromatic rings. The van der Waals surface area contributed by atoms with E-state index in [-0.39, 0.29) is 5.96 Å². The van der Waals surface area contributed by atoms with Gasteiger partial charge in [-0.1, -0.05) is 17.3 Å². The molecule has 0 radical (unpaired) electrons. The number of benzene rings is 2. The third-order valence-electron chi connectivity index (χ3n) is 2.88. The number of fused-ring (bicyclic) bond motifs is 1. The molecule has 0 aliphatic heterocycles. The van der Waals surface area contributed by atoms with Crippen LogP contribution < -0.4 is 10.5 Å². The van der Waals surface area contributed by atoms with E-state index in [1.165, 1.54) is 4.68 Å². The number of nitrogens with two attached hydrogens (primary N) is 1. The third kappa shape index (κ3) is 2.18. The van der Waals surface area contributed by atoms with Crippen molar-refractivity contribution >= 4 is 22.7 Å². The summed E-state index contributed by atoms with van der Waals surface area (Å²) in [7, 11) is 1.62. The number of methoxy groups -OCH3 is 1. The highest BCUT2D eigenvalue weighted by Gasteiger charge is 2.06. The molecular formula is C14H13N5O. The monoisotopic (exact) mass is 267 g/mol. The van der Waals surface area contributed by atoms with Crippen LogP contribution in [0.25, 0.3) is 11.0 Å². The Kier molecular flexibility index (Phi) is 3.04. The molecule has 20 heavy (non-hydrogen) atoms. The number of hydrogen-bond donors (Lipinski definition) is 1. The summed E-state index contributed by atoms with van der Waals surface area (Å²) in [6.07, 6.45) is 0. The highest BCUT2D eigenvalue weighted by Crippen LogP contribution is 2.18. The van der Waals surface area contributed by atoms with E-state index in [0.29, 0.717) is 0 Å². The lowest BCUT2D eigenvalue weighted by atomic mass is 10.3. The van der Waals surface area contributed by atoms with Gasteiger partial charge in [0.2, 0.25) is 5.96 Å². The Morgan fingerprint density at radius 1 is 1.15 bits per heavy atom. The SMILES string of the molecule is COc1ccc(N=C(N)n2nnc3ccccc32)cc1. The zero-order chi connectivity index (χ0) is 13.9. The van der Waals surface area contributed by atoms with Gasteiger partial charge in [0.15, 0.2) is 0 Å². The van der Waals surface area contributed by atoms with Crippen molar-refractivity contribution in [2.45, 2.75) is 0 Å². The number of ether oxygens (including phenoxy) is 1. The van der Waals surface area contributed by atoms with Gasteiger partial charge in [-0.25, -0.2) is 4.99 Å². The Morgan fingerprint density at radius 2 is 1.90 bits per heavy atom. The summed E-state index contributed by atoms with van der Waals surface area (Å²) in [6, 6.07) is 14.9. The van der Waals surface area contributed by atoms with Crippen LogP contribution in [-0.4, -0.2) is 28.1 Å². The van der Waals surface area contributed by atoms with Crippen LogP contribution in [-0.2, 0) is 0 Å². The third-order valence-corrected chi connectivity index (χ3v) is 2.88. The van der Waals surface area contributed by atoms with Crippen molar-refractivity contribution in [2.24, 2.45) is 10.7 Å².